The van der Waals surface area contributed by atoms with Gasteiger partial charge in [-0.2, -0.15) is 0 Å². The molecule has 1 unspecified atom stereocenters. The van der Waals surface area contributed by atoms with Gasteiger partial charge < -0.3 is 10.2 Å². The van der Waals surface area contributed by atoms with Crippen LogP contribution in [0.5, 0.6) is 0 Å². The molecule has 0 fully saturated rings. The molecule has 0 aliphatic heterocycles. The van der Waals surface area contributed by atoms with Crippen molar-refractivity contribution in [2.75, 3.05) is 21.1 Å². The third-order valence-electron chi connectivity index (χ3n) is 3.31. The van der Waals surface area contributed by atoms with Crippen LogP contribution in [0.3, 0.4) is 0 Å². The van der Waals surface area contributed by atoms with E-state index < -0.39 is 0 Å². The van der Waals surface area contributed by atoms with Crippen LogP contribution in [-0.4, -0.2) is 31.6 Å². The zero-order valence-corrected chi connectivity index (χ0v) is 11.4. The Morgan fingerprint density at radius 2 is 2.00 bits per heavy atom. The van der Waals surface area contributed by atoms with E-state index in [1.54, 1.807) is 0 Å². The molecular formula is C12H22N2S. The van der Waals surface area contributed by atoms with Gasteiger partial charge in [0.2, 0.25) is 0 Å². The van der Waals surface area contributed by atoms with Crippen LogP contribution < -0.4 is 5.32 Å². The van der Waals surface area contributed by atoms with Gasteiger partial charge in [0.15, 0.2) is 0 Å². The Balaban J connectivity index is 3.04. The largest absolute Gasteiger partial charge is 0.311 e. The molecule has 1 rings (SSSR count). The Bertz CT molecular complexity index is 315. The van der Waals surface area contributed by atoms with Gasteiger partial charge in [-0.05, 0) is 58.9 Å². The zero-order valence-electron chi connectivity index (χ0n) is 10.6. The van der Waals surface area contributed by atoms with Gasteiger partial charge in [0.05, 0.1) is 6.04 Å². The van der Waals surface area contributed by atoms with Crippen molar-refractivity contribution >= 4 is 11.3 Å². The molecule has 2 nitrogen and oxygen atoms in total. The number of nitrogens with one attached hydrogen (secondary N) is 1. The van der Waals surface area contributed by atoms with Crippen LogP contribution in [0.25, 0.3) is 0 Å². The van der Waals surface area contributed by atoms with Gasteiger partial charge in [-0.15, -0.1) is 11.3 Å². The van der Waals surface area contributed by atoms with E-state index in [1.807, 2.05) is 18.4 Å². The highest BCUT2D eigenvalue weighted by molar-refractivity contribution is 7.10. The molecular weight excluding hydrogens is 204 g/mol. The lowest BCUT2D eigenvalue weighted by Crippen LogP contribution is -2.48. The molecule has 15 heavy (non-hydrogen) atoms. The molecule has 1 aromatic rings. The highest BCUT2D eigenvalue weighted by Gasteiger charge is 2.33. The molecule has 3 heteroatoms. The molecule has 0 spiro atoms. The average Bonchev–Trinajstić information content (AvgIpc) is 2.53. The Hall–Kier alpha value is -0.380. The van der Waals surface area contributed by atoms with E-state index in [1.165, 1.54) is 10.4 Å². The molecule has 0 aliphatic rings. The highest BCUT2D eigenvalue weighted by atomic mass is 32.1. The number of hydrogen-bond donors (Lipinski definition) is 1. The Morgan fingerprint density at radius 1 is 1.40 bits per heavy atom. The third kappa shape index (κ3) is 2.41. The molecule has 1 aromatic heterocycles. The van der Waals surface area contributed by atoms with Gasteiger partial charge in [0, 0.05) is 10.4 Å². The smallest absolute Gasteiger partial charge is 0.0596 e. The van der Waals surface area contributed by atoms with Crippen molar-refractivity contribution in [1.29, 1.82) is 0 Å². The number of likely N-dealkylation sites (N-methyl/N-ethyl adjacent to an activating group) is 2. The highest BCUT2D eigenvalue weighted by Crippen LogP contribution is 2.34. The number of thiophene rings is 1. The maximum absolute atomic E-state index is 3.44. The predicted octanol–water partition coefficient (Wildman–Crippen LogP) is 2.66. The SMILES string of the molecule is CNC(c1sccc1C)C(C)(C)N(C)C. The molecule has 0 saturated carbocycles. The first-order chi connectivity index (χ1) is 6.91. The van der Waals surface area contributed by atoms with Crippen molar-refractivity contribution < 1.29 is 0 Å². The lowest BCUT2D eigenvalue weighted by Gasteiger charge is -2.40. The maximum atomic E-state index is 3.44. The summed E-state index contributed by atoms with van der Waals surface area (Å²) < 4.78 is 0. The summed E-state index contributed by atoms with van der Waals surface area (Å²) in [4.78, 5) is 3.71. The Kier molecular flexibility index (Phi) is 3.93. The monoisotopic (exact) mass is 226 g/mol. The lowest BCUT2D eigenvalue weighted by molar-refractivity contribution is 0.144. The minimum Gasteiger partial charge on any atom is -0.311 e. The van der Waals surface area contributed by atoms with Crippen molar-refractivity contribution in [2.45, 2.75) is 32.4 Å². The first-order valence-corrected chi connectivity index (χ1v) is 6.18. The van der Waals surface area contributed by atoms with Gasteiger partial charge in [-0.25, -0.2) is 0 Å². The summed E-state index contributed by atoms with van der Waals surface area (Å²) in [6.45, 7) is 6.72. The maximum Gasteiger partial charge on any atom is 0.0596 e. The average molecular weight is 226 g/mol. The Labute approximate surface area is 97.3 Å². The van der Waals surface area contributed by atoms with E-state index in [2.05, 4.69) is 56.5 Å². The number of aryl methyl sites for hydroxylation is 1. The quantitative estimate of drug-likeness (QED) is 0.849. The van der Waals surface area contributed by atoms with E-state index >= 15 is 0 Å². The second-order valence-corrected chi connectivity index (χ2v) is 5.69. The molecule has 0 bridgehead atoms. The number of hydrogen-bond acceptors (Lipinski definition) is 3. The summed E-state index contributed by atoms with van der Waals surface area (Å²) in [6.07, 6.45) is 0. The molecule has 1 heterocycles. The standard InChI is InChI=1S/C12H22N2S/c1-9-7-8-15-10(9)11(13-4)12(2,3)14(5)6/h7-8,11,13H,1-6H3. The van der Waals surface area contributed by atoms with Crippen LogP contribution in [0.1, 0.15) is 30.3 Å². The zero-order chi connectivity index (χ0) is 11.6. The van der Waals surface area contributed by atoms with Crippen LogP contribution in [0.4, 0.5) is 0 Å². The lowest BCUT2D eigenvalue weighted by atomic mass is 9.90. The molecule has 0 amide bonds. The van der Waals surface area contributed by atoms with Crippen molar-refractivity contribution in [3.05, 3.63) is 21.9 Å². The summed E-state index contributed by atoms with van der Waals surface area (Å²) in [5, 5.41) is 5.60. The second-order valence-electron chi connectivity index (χ2n) is 4.74. The molecule has 1 N–H and O–H groups in total. The van der Waals surface area contributed by atoms with Crippen LogP contribution in [0, 0.1) is 6.92 Å². The molecule has 0 saturated heterocycles. The minimum atomic E-state index is 0.115. The summed E-state index contributed by atoms with van der Waals surface area (Å²) in [6, 6.07) is 2.57. The van der Waals surface area contributed by atoms with Crippen molar-refractivity contribution in [2.24, 2.45) is 0 Å². The predicted molar refractivity (Wildman–Crippen MR) is 68.6 cm³/mol. The third-order valence-corrected chi connectivity index (χ3v) is 4.40. The van der Waals surface area contributed by atoms with E-state index in [9.17, 15) is 0 Å². The fourth-order valence-corrected chi connectivity index (χ4v) is 2.96. The second kappa shape index (κ2) is 4.64. The van der Waals surface area contributed by atoms with E-state index in [0.29, 0.717) is 6.04 Å². The molecule has 1 atom stereocenters. The van der Waals surface area contributed by atoms with Crippen molar-refractivity contribution in [3.63, 3.8) is 0 Å². The van der Waals surface area contributed by atoms with E-state index in [-0.39, 0.29) is 5.54 Å². The van der Waals surface area contributed by atoms with Gasteiger partial charge in [0.25, 0.3) is 0 Å². The summed E-state index contributed by atoms with van der Waals surface area (Å²) >= 11 is 1.84. The molecule has 86 valence electrons. The fourth-order valence-electron chi connectivity index (χ4n) is 1.74. The molecule has 0 radical (unpaired) electrons. The number of rotatable bonds is 4. The Morgan fingerprint density at radius 3 is 2.33 bits per heavy atom. The summed E-state index contributed by atoms with van der Waals surface area (Å²) in [5.74, 6) is 0. The fraction of sp³-hybridized carbons (Fsp3) is 0.667. The minimum absolute atomic E-state index is 0.115. The first-order valence-electron chi connectivity index (χ1n) is 5.30. The van der Waals surface area contributed by atoms with Crippen molar-refractivity contribution in [1.82, 2.24) is 10.2 Å². The first kappa shape index (κ1) is 12.7. The topological polar surface area (TPSA) is 15.3 Å². The molecule has 0 aromatic carbocycles. The van der Waals surface area contributed by atoms with Crippen LogP contribution in [0.2, 0.25) is 0 Å². The molecule has 0 aliphatic carbocycles. The van der Waals surface area contributed by atoms with Crippen LogP contribution in [0.15, 0.2) is 11.4 Å². The number of nitrogens with zero attached hydrogens (tertiary/aromatic N) is 1. The van der Waals surface area contributed by atoms with Gasteiger partial charge in [0.1, 0.15) is 0 Å². The van der Waals surface area contributed by atoms with Crippen LogP contribution >= 0.6 is 11.3 Å². The van der Waals surface area contributed by atoms with E-state index in [0.717, 1.165) is 0 Å². The van der Waals surface area contributed by atoms with Gasteiger partial charge in [-0.1, -0.05) is 0 Å². The van der Waals surface area contributed by atoms with Crippen LogP contribution in [-0.2, 0) is 0 Å². The summed E-state index contributed by atoms with van der Waals surface area (Å²) in [5.41, 5.74) is 1.50. The van der Waals surface area contributed by atoms with Gasteiger partial charge >= 0.3 is 0 Å². The van der Waals surface area contributed by atoms with E-state index in [4.69, 9.17) is 0 Å². The normalized spacial score (nSPS) is 14.6. The van der Waals surface area contributed by atoms with Crippen molar-refractivity contribution in [3.8, 4) is 0 Å². The summed E-state index contributed by atoms with van der Waals surface area (Å²) in [7, 11) is 6.30. The van der Waals surface area contributed by atoms with Gasteiger partial charge in [-0.3, -0.25) is 0 Å².